The Morgan fingerprint density at radius 3 is 2.89 bits per heavy atom. The van der Waals surface area contributed by atoms with Crippen LogP contribution in [0.15, 0.2) is 39.5 Å². The van der Waals surface area contributed by atoms with Crippen LogP contribution < -0.4 is 5.32 Å². The number of halogens is 1. The van der Waals surface area contributed by atoms with Crippen molar-refractivity contribution in [3.8, 4) is 0 Å². The highest BCUT2D eigenvalue weighted by atomic mass is 79.9. The molecule has 98 valence electrons. The number of nitro benzene ring substituents is 1. The predicted molar refractivity (Wildman–Crippen MR) is 68.5 cm³/mol. The van der Waals surface area contributed by atoms with E-state index in [9.17, 15) is 14.9 Å². The van der Waals surface area contributed by atoms with Gasteiger partial charge in [-0.2, -0.15) is 0 Å². The van der Waals surface area contributed by atoms with E-state index in [4.69, 9.17) is 0 Å². The van der Waals surface area contributed by atoms with Gasteiger partial charge in [0.1, 0.15) is 12.0 Å². The number of nitro groups is 1. The van der Waals surface area contributed by atoms with Crippen LogP contribution >= 0.6 is 15.9 Å². The van der Waals surface area contributed by atoms with Gasteiger partial charge in [-0.25, -0.2) is 0 Å². The first-order valence-electron chi connectivity index (χ1n) is 5.19. The number of nitrogens with one attached hydrogen (secondary N) is 1. The largest absolute Gasteiger partial charge is 0.364 e. The van der Waals surface area contributed by atoms with Crippen molar-refractivity contribution in [2.75, 3.05) is 0 Å². The first kappa shape index (κ1) is 13.2. The minimum Gasteiger partial charge on any atom is -0.364 e. The fourth-order valence-electron chi connectivity index (χ4n) is 1.40. The van der Waals surface area contributed by atoms with E-state index in [1.807, 2.05) is 0 Å². The maximum atomic E-state index is 11.9. The molecule has 7 nitrogen and oxygen atoms in total. The van der Waals surface area contributed by atoms with Gasteiger partial charge in [-0.05, 0) is 22.0 Å². The van der Waals surface area contributed by atoms with E-state index < -0.39 is 10.8 Å². The zero-order chi connectivity index (χ0) is 13.8. The predicted octanol–water partition coefficient (Wildman–Crippen LogP) is 2.28. The van der Waals surface area contributed by atoms with Crippen molar-refractivity contribution >= 4 is 27.5 Å². The Hall–Kier alpha value is -2.22. The molecule has 0 radical (unpaired) electrons. The maximum Gasteiger partial charge on any atom is 0.270 e. The molecule has 0 fully saturated rings. The van der Waals surface area contributed by atoms with E-state index in [2.05, 4.69) is 30.9 Å². The van der Waals surface area contributed by atoms with E-state index in [0.717, 1.165) is 0 Å². The smallest absolute Gasteiger partial charge is 0.270 e. The molecular formula is C11H8BrN3O4. The normalized spacial score (nSPS) is 10.2. The zero-order valence-electron chi connectivity index (χ0n) is 9.50. The molecule has 0 atom stereocenters. The highest BCUT2D eigenvalue weighted by Gasteiger charge is 2.15. The lowest BCUT2D eigenvalue weighted by Crippen LogP contribution is -2.23. The van der Waals surface area contributed by atoms with Crippen LogP contribution in [0.25, 0.3) is 0 Å². The van der Waals surface area contributed by atoms with Crippen LogP contribution in [-0.2, 0) is 6.54 Å². The SMILES string of the molecule is O=C(NCc1ccon1)c1cc([N+](=O)[O-])ccc1Br. The van der Waals surface area contributed by atoms with Gasteiger partial charge in [-0.3, -0.25) is 14.9 Å². The standard InChI is InChI=1S/C11H8BrN3O4/c12-10-2-1-8(15(17)18)5-9(10)11(16)13-6-7-3-4-19-14-7/h1-5H,6H2,(H,13,16). The number of hydrogen-bond acceptors (Lipinski definition) is 5. The molecule has 2 aromatic rings. The van der Waals surface area contributed by atoms with Crippen molar-refractivity contribution < 1.29 is 14.2 Å². The number of non-ortho nitro benzene ring substituents is 1. The average molecular weight is 326 g/mol. The third-order valence-corrected chi connectivity index (χ3v) is 3.02. The molecule has 0 spiro atoms. The molecule has 0 aliphatic heterocycles. The Morgan fingerprint density at radius 2 is 2.26 bits per heavy atom. The molecule has 1 N–H and O–H groups in total. The Bertz CT molecular complexity index is 612. The summed E-state index contributed by atoms with van der Waals surface area (Å²) in [6.07, 6.45) is 1.39. The van der Waals surface area contributed by atoms with Gasteiger partial charge in [0.2, 0.25) is 0 Å². The van der Waals surface area contributed by atoms with Crippen LogP contribution in [0.2, 0.25) is 0 Å². The summed E-state index contributed by atoms with van der Waals surface area (Å²) >= 11 is 3.18. The molecule has 1 heterocycles. The van der Waals surface area contributed by atoms with Crippen molar-refractivity contribution in [1.29, 1.82) is 0 Å². The summed E-state index contributed by atoms with van der Waals surface area (Å²) in [6, 6.07) is 5.60. The number of carbonyl (C=O) groups excluding carboxylic acids is 1. The number of nitrogens with zero attached hydrogens (tertiary/aromatic N) is 2. The van der Waals surface area contributed by atoms with Crippen molar-refractivity contribution in [1.82, 2.24) is 10.5 Å². The lowest BCUT2D eigenvalue weighted by Gasteiger charge is -2.05. The van der Waals surface area contributed by atoms with Crippen molar-refractivity contribution in [3.05, 3.63) is 56.4 Å². The average Bonchev–Trinajstić information content (AvgIpc) is 2.89. The summed E-state index contributed by atoms with van der Waals surface area (Å²) in [5, 5.41) is 16.9. The molecule has 0 aliphatic carbocycles. The fraction of sp³-hybridized carbons (Fsp3) is 0.0909. The first-order chi connectivity index (χ1) is 9.08. The Morgan fingerprint density at radius 1 is 1.47 bits per heavy atom. The number of benzene rings is 1. The molecule has 19 heavy (non-hydrogen) atoms. The molecule has 0 saturated carbocycles. The molecule has 0 bridgehead atoms. The lowest BCUT2D eigenvalue weighted by atomic mass is 10.2. The summed E-state index contributed by atoms with van der Waals surface area (Å²) in [6.45, 7) is 0.185. The summed E-state index contributed by atoms with van der Waals surface area (Å²) < 4.78 is 5.11. The van der Waals surface area contributed by atoms with Crippen molar-refractivity contribution in [3.63, 3.8) is 0 Å². The molecule has 8 heteroatoms. The minimum atomic E-state index is -0.555. The summed E-state index contributed by atoms with van der Waals surface area (Å²) in [5.41, 5.74) is 0.613. The lowest BCUT2D eigenvalue weighted by molar-refractivity contribution is -0.384. The summed E-state index contributed by atoms with van der Waals surface area (Å²) in [5.74, 6) is -0.432. The van der Waals surface area contributed by atoms with Gasteiger partial charge in [0.15, 0.2) is 0 Å². The molecule has 1 aromatic heterocycles. The highest BCUT2D eigenvalue weighted by molar-refractivity contribution is 9.10. The number of rotatable bonds is 4. The zero-order valence-corrected chi connectivity index (χ0v) is 11.1. The van der Waals surface area contributed by atoms with Crippen LogP contribution in [0.3, 0.4) is 0 Å². The first-order valence-corrected chi connectivity index (χ1v) is 5.98. The Balaban J connectivity index is 2.14. The monoisotopic (exact) mass is 325 g/mol. The third-order valence-electron chi connectivity index (χ3n) is 2.33. The molecule has 0 saturated heterocycles. The topological polar surface area (TPSA) is 98.3 Å². The highest BCUT2D eigenvalue weighted by Crippen LogP contribution is 2.22. The van der Waals surface area contributed by atoms with Gasteiger partial charge >= 0.3 is 0 Å². The van der Waals surface area contributed by atoms with Crippen LogP contribution in [-0.4, -0.2) is 16.0 Å². The molecule has 2 rings (SSSR count). The van der Waals surface area contributed by atoms with Crippen LogP contribution in [0.4, 0.5) is 5.69 Å². The van der Waals surface area contributed by atoms with Gasteiger partial charge in [0, 0.05) is 22.7 Å². The number of amides is 1. The molecular weight excluding hydrogens is 318 g/mol. The molecule has 1 amide bonds. The van der Waals surface area contributed by atoms with E-state index in [1.165, 1.54) is 24.5 Å². The van der Waals surface area contributed by atoms with E-state index in [0.29, 0.717) is 10.2 Å². The van der Waals surface area contributed by atoms with Gasteiger partial charge < -0.3 is 9.84 Å². The fourth-order valence-corrected chi connectivity index (χ4v) is 1.82. The second-order valence-electron chi connectivity index (χ2n) is 3.59. The van der Waals surface area contributed by atoms with Crippen LogP contribution in [0, 0.1) is 10.1 Å². The number of aromatic nitrogens is 1. The number of hydrogen-bond donors (Lipinski definition) is 1. The van der Waals surface area contributed by atoms with Crippen molar-refractivity contribution in [2.45, 2.75) is 6.54 Å². The van der Waals surface area contributed by atoms with Gasteiger partial charge in [-0.15, -0.1) is 0 Å². The molecule has 0 aliphatic rings. The van der Waals surface area contributed by atoms with E-state index >= 15 is 0 Å². The molecule has 1 aromatic carbocycles. The summed E-state index contributed by atoms with van der Waals surface area (Å²) in [7, 11) is 0. The van der Waals surface area contributed by atoms with E-state index in [-0.39, 0.29) is 17.8 Å². The summed E-state index contributed by atoms with van der Waals surface area (Å²) in [4.78, 5) is 22.0. The Kier molecular flexibility index (Phi) is 3.91. The van der Waals surface area contributed by atoms with Gasteiger partial charge in [-0.1, -0.05) is 5.16 Å². The van der Waals surface area contributed by atoms with Crippen LogP contribution in [0.5, 0.6) is 0 Å². The second-order valence-corrected chi connectivity index (χ2v) is 4.45. The maximum absolute atomic E-state index is 11.9. The number of carbonyl (C=O) groups is 1. The van der Waals surface area contributed by atoms with Crippen LogP contribution in [0.1, 0.15) is 16.1 Å². The van der Waals surface area contributed by atoms with Gasteiger partial charge in [0.25, 0.3) is 11.6 Å². The molecule has 0 unspecified atom stereocenters. The second kappa shape index (κ2) is 5.61. The van der Waals surface area contributed by atoms with Gasteiger partial charge in [0.05, 0.1) is 17.0 Å². The third kappa shape index (κ3) is 3.16. The van der Waals surface area contributed by atoms with Crippen molar-refractivity contribution in [2.24, 2.45) is 0 Å². The Labute approximate surface area is 115 Å². The quantitative estimate of drug-likeness (QED) is 0.686. The van der Waals surface area contributed by atoms with E-state index in [1.54, 1.807) is 6.07 Å². The minimum absolute atomic E-state index is 0.144.